The number of hydrogen-bond acceptors (Lipinski definition) is 2. The van der Waals surface area contributed by atoms with Gasteiger partial charge in [0.1, 0.15) is 0 Å². The SMILES string of the molecule is CC1C(c2ccccc2)CCN1C(=O)[C@@H](C)N. The molecule has 1 saturated heterocycles. The molecule has 1 aliphatic rings. The number of carbonyl (C=O) groups is 1. The van der Waals surface area contributed by atoms with E-state index in [-0.39, 0.29) is 11.9 Å². The number of nitrogens with zero attached hydrogens (tertiary/aromatic N) is 1. The molecule has 0 aromatic heterocycles. The van der Waals surface area contributed by atoms with E-state index >= 15 is 0 Å². The standard InChI is InChI=1S/C14H20N2O/c1-10(15)14(17)16-9-8-13(11(16)2)12-6-4-3-5-7-12/h3-7,10-11,13H,8-9,15H2,1-2H3/t10-,11?,13?/m1/s1. The number of nitrogens with two attached hydrogens (primary N) is 1. The third kappa shape index (κ3) is 2.34. The lowest BCUT2D eigenvalue weighted by atomic mass is 9.93. The van der Waals surface area contributed by atoms with Crippen LogP contribution in [0.1, 0.15) is 31.7 Å². The summed E-state index contributed by atoms with van der Waals surface area (Å²) in [6.07, 6.45) is 1.03. The van der Waals surface area contributed by atoms with Crippen molar-refractivity contribution in [2.24, 2.45) is 5.73 Å². The van der Waals surface area contributed by atoms with Crippen molar-refractivity contribution < 1.29 is 4.79 Å². The highest BCUT2D eigenvalue weighted by Crippen LogP contribution is 2.33. The summed E-state index contributed by atoms with van der Waals surface area (Å²) in [4.78, 5) is 13.9. The lowest BCUT2D eigenvalue weighted by molar-refractivity contribution is -0.132. The van der Waals surface area contributed by atoms with Crippen LogP contribution < -0.4 is 5.73 Å². The van der Waals surface area contributed by atoms with Crippen LogP contribution in [0.5, 0.6) is 0 Å². The Morgan fingerprint density at radius 2 is 2.06 bits per heavy atom. The van der Waals surface area contributed by atoms with Crippen LogP contribution >= 0.6 is 0 Å². The second kappa shape index (κ2) is 4.88. The largest absolute Gasteiger partial charge is 0.338 e. The van der Waals surface area contributed by atoms with Gasteiger partial charge < -0.3 is 10.6 Å². The molecule has 1 amide bonds. The van der Waals surface area contributed by atoms with Gasteiger partial charge in [-0.25, -0.2) is 0 Å². The minimum absolute atomic E-state index is 0.0657. The first-order valence-corrected chi connectivity index (χ1v) is 6.22. The molecule has 92 valence electrons. The van der Waals surface area contributed by atoms with Crippen LogP contribution in [0.25, 0.3) is 0 Å². The highest BCUT2D eigenvalue weighted by atomic mass is 16.2. The molecule has 0 saturated carbocycles. The van der Waals surface area contributed by atoms with Gasteiger partial charge in [0.2, 0.25) is 5.91 Å². The van der Waals surface area contributed by atoms with Crippen LogP contribution in [0.4, 0.5) is 0 Å². The van der Waals surface area contributed by atoms with Gasteiger partial charge in [-0.1, -0.05) is 30.3 Å². The van der Waals surface area contributed by atoms with Crippen LogP contribution in [-0.4, -0.2) is 29.4 Å². The Balaban J connectivity index is 2.13. The summed E-state index contributed by atoms with van der Waals surface area (Å²) in [5.74, 6) is 0.509. The predicted octanol–water partition coefficient (Wildman–Crippen LogP) is 1.74. The van der Waals surface area contributed by atoms with Gasteiger partial charge in [0.05, 0.1) is 6.04 Å². The van der Waals surface area contributed by atoms with E-state index in [9.17, 15) is 4.79 Å². The Morgan fingerprint density at radius 3 is 2.65 bits per heavy atom. The van der Waals surface area contributed by atoms with Crippen molar-refractivity contribution in [3.63, 3.8) is 0 Å². The Kier molecular flexibility index (Phi) is 3.48. The number of carbonyl (C=O) groups excluding carboxylic acids is 1. The normalized spacial score (nSPS) is 25.9. The van der Waals surface area contributed by atoms with Gasteiger partial charge >= 0.3 is 0 Å². The molecule has 1 aromatic rings. The maximum absolute atomic E-state index is 11.9. The topological polar surface area (TPSA) is 46.3 Å². The van der Waals surface area contributed by atoms with Crippen LogP contribution in [0.2, 0.25) is 0 Å². The molecule has 3 heteroatoms. The average molecular weight is 232 g/mol. The molecule has 0 radical (unpaired) electrons. The monoisotopic (exact) mass is 232 g/mol. The molecule has 2 N–H and O–H groups in total. The first-order chi connectivity index (χ1) is 8.11. The van der Waals surface area contributed by atoms with E-state index in [4.69, 9.17) is 5.73 Å². The van der Waals surface area contributed by atoms with Crippen molar-refractivity contribution in [3.8, 4) is 0 Å². The van der Waals surface area contributed by atoms with Gasteiger partial charge in [-0.2, -0.15) is 0 Å². The molecule has 1 aromatic carbocycles. The molecular weight excluding hydrogens is 212 g/mol. The summed E-state index contributed by atoms with van der Waals surface area (Å²) in [5.41, 5.74) is 6.99. The van der Waals surface area contributed by atoms with Crippen LogP contribution in [-0.2, 0) is 4.79 Å². The second-order valence-electron chi connectivity index (χ2n) is 4.87. The van der Waals surface area contributed by atoms with Crippen molar-refractivity contribution >= 4 is 5.91 Å². The Morgan fingerprint density at radius 1 is 1.41 bits per heavy atom. The fourth-order valence-corrected chi connectivity index (χ4v) is 2.66. The number of amides is 1. The lowest BCUT2D eigenvalue weighted by Crippen LogP contribution is -2.44. The van der Waals surface area contributed by atoms with Gasteiger partial charge in [0.25, 0.3) is 0 Å². The van der Waals surface area contributed by atoms with Gasteiger partial charge in [0, 0.05) is 18.5 Å². The molecule has 1 aliphatic heterocycles. The molecule has 1 fully saturated rings. The molecule has 0 bridgehead atoms. The van der Waals surface area contributed by atoms with E-state index in [0.717, 1.165) is 13.0 Å². The summed E-state index contributed by atoms with van der Waals surface area (Å²) in [5, 5.41) is 0. The molecule has 3 atom stereocenters. The predicted molar refractivity (Wildman–Crippen MR) is 68.6 cm³/mol. The first kappa shape index (κ1) is 12.1. The second-order valence-corrected chi connectivity index (χ2v) is 4.87. The molecule has 1 heterocycles. The van der Waals surface area contributed by atoms with E-state index < -0.39 is 6.04 Å². The summed E-state index contributed by atoms with van der Waals surface area (Å²) in [6.45, 7) is 4.69. The van der Waals surface area contributed by atoms with Crippen LogP contribution in [0.3, 0.4) is 0 Å². The molecule has 0 spiro atoms. The van der Waals surface area contributed by atoms with E-state index in [1.165, 1.54) is 5.56 Å². The van der Waals surface area contributed by atoms with Gasteiger partial charge in [-0.05, 0) is 25.8 Å². The lowest BCUT2D eigenvalue weighted by Gasteiger charge is -2.26. The number of rotatable bonds is 2. The molecule has 2 unspecified atom stereocenters. The zero-order valence-electron chi connectivity index (χ0n) is 10.5. The van der Waals surface area contributed by atoms with Crippen molar-refractivity contribution in [2.75, 3.05) is 6.54 Å². The minimum atomic E-state index is -0.396. The summed E-state index contributed by atoms with van der Waals surface area (Å²) in [7, 11) is 0. The van der Waals surface area contributed by atoms with Crippen molar-refractivity contribution in [1.29, 1.82) is 0 Å². The summed E-state index contributed by atoms with van der Waals surface area (Å²) in [6, 6.07) is 10.3. The van der Waals surface area contributed by atoms with Crippen LogP contribution in [0.15, 0.2) is 30.3 Å². The van der Waals surface area contributed by atoms with Crippen molar-refractivity contribution in [3.05, 3.63) is 35.9 Å². The van der Waals surface area contributed by atoms with E-state index in [0.29, 0.717) is 5.92 Å². The zero-order valence-corrected chi connectivity index (χ0v) is 10.5. The Bertz CT molecular complexity index is 388. The maximum Gasteiger partial charge on any atom is 0.239 e. The van der Waals surface area contributed by atoms with E-state index in [1.54, 1.807) is 6.92 Å². The number of hydrogen-bond donors (Lipinski definition) is 1. The van der Waals surface area contributed by atoms with E-state index in [1.807, 2.05) is 11.0 Å². The molecule has 0 aliphatic carbocycles. The zero-order chi connectivity index (χ0) is 12.4. The van der Waals surface area contributed by atoms with Gasteiger partial charge in [0.15, 0.2) is 0 Å². The third-order valence-electron chi connectivity index (χ3n) is 3.66. The van der Waals surface area contributed by atoms with E-state index in [2.05, 4.69) is 31.2 Å². The number of likely N-dealkylation sites (tertiary alicyclic amines) is 1. The molecule has 2 rings (SSSR count). The minimum Gasteiger partial charge on any atom is -0.338 e. The molecular formula is C14H20N2O. The van der Waals surface area contributed by atoms with Crippen LogP contribution in [0, 0.1) is 0 Å². The fraction of sp³-hybridized carbons (Fsp3) is 0.500. The summed E-state index contributed by atoms with van der Waals surface area (Å²) < 4.78 is 0. The van der Waals surface area contributed by atoms with Crippen molar-refractivity contribution in [2.45, 2.75) is 38.3 Å². The fourth-order valence-electron chi connectivity index (χ4n) is 2.66. The maximum atomic E-state index is 11.9. The Hall–Kier alpha value is -1.35. The Labute approximate surface area is 103 Å². The van der Waals surface area contributed by atoms with Gasteiger partial charge in [-0.3, -0.25) is 4.79 Å². The quantitative estimate of drug-likeness (QED) is 0.844. The molecule has 3 nitrogen and oxygen atoms in total. The highest BCUT2D eigenvalue weighted by molar-refractivity contribution is 5.81. The summed E-state index contributed by atoms with van der Waals surface area (Å²) >= 11 is 0. The third-order valence-corrected chi connectivity index (χ3v) is 3.66. The smallest absolute Gasteiger partial charge is 0.239 e. The highest BCUT2D eigenvalue weighted by Gasteiger charge is 2.35. The van der Waals surface area contributed by atoms with Gasteiger partial charge in [-0.15, -0.1) is 0 Å². The molecule has 17 heavy (non-hydrogen) atoms. The average Bonchev–Trinajstić information content (AvgIpc) is 2.71. The first-order valence-electron chi connectivity index (χ1n) is 6.22. The number of benzene rings is 1. The van der Waals surface area contributed by atoms with Crippen molar-refractivity contribution in [1.82, 2.24) is 4.90 Å².